The van der Waals surface area contributed by atoms with E-state index in [1.54, 1.807) is 11.1 Å². The molecular weight excluding hydrogens is 306 g/mol. The number of carbonyl (C=O) groups excluding carboxylic acids is 1. The summed E-state index contributed by atoms with van der Waals surface area (Å²) in [6.07, 6.45) is 2.48. The maximum atomic E-state index is 12.3. The van der Waals surface area contributed by atoms with Crippen LogP contribution in [0.2, 0.25) is 0 Å². The second-order valence-electron chi connectivity index (χ2n) is 6.39. The minimum absolute atomic E-state index is 0.146. The van der Waals surface area contributed by atoms with Gasteiger partial charge in [0.1, 0.15) is 11.9 Å². The minimum Gasteiger partial charge on any atom is -0.343 e. The first-order chi connectivity index (χ1) is 11.5. The molecule has 7 heteroatoms. The predicted molar refractivity (Wildman–Crippen MR) is 90.7 cm³/mol. The Labute approximate surface area is 141 Å². The van der Waals surface area contributed by atoms with Crippen molar-refractivity contribution in [3.63, 3.8) is 0 Å². The first-order valence-electron chi connectivity index (χ1n) is 8.33. The Hall–Kier alpha value is -2.44. The Morgan fingerprint density at radius 1 is 1.33 bits per heavy atom. The predicted octanol–water partition coefficient (Wildman–Crippen LogP) is 2.31. The van der Waals surface area contributed by atoms with Crippen LogP contribution in [-0.4, -0.2) is 52.1 Å². The molecule has 24 heavy (non-hydrogen) atoms. The Balaban J connectivity index is 1.82. The van der Waals surface area contributed by atoms with Gasteiger partial charge in [-0.2, -0.15) is 4.98 Å². The van der Waals surface area contributed by atoms with Crippen molar-refractivity contribution in [1.82, 2.24) is 20.0 Å². The lowest BCUT2D eigenvalue weighted by Crippen LogP contribution is -2.55. The first-order valence-corrected chi connectivity index (χ1v) is 8.33. The molecule has 0 aromatic carbocycles. The summed E-state index contributed by atoms with van der Waals surface area (Å²) >= 11 is 0. The largest absolute Gasteiger partial charge is 0.343 e. The third-order valence-corrected chi connectivity index (χ3v) is 4.35. The van der Waals surface area contributed by atoms with Crippen LogP contribution in [0, 0.1) is 0 Å². The zero-order chi connectivity index (χ0) is 17.3. The molecule has 2 aromatic rings. The van der Waals surface area contributed by atoms with Crippen LogP contribution in [0.15, 0.2) is 22.9 Å². The highest BCUT2D eigenvalue weighted by Gasteiger charge is 2.32. The van der Waals surface area contributed by atoms with E-state index in [1.807, 2.05) is 40.0 Å². The van der Waals surface area contributed by atoms with Gasteiger partial charge in [-0.05, 0) is 18.6 Å². The number of rotatable bonds is 4. The van der Waals surface area contributed by atoms with Gasteiger partial charge in [0.25, 0.3) is 5.89 Å². The molecule has 1 fully saturated rings. The molecule has 0 aliphatic carbocycles. The third kappa shape index (κ3) is 2.98. The molecule has 0 bridgehead atoms. The smallest absolute Gasteiger partial charge is 0.259 e. The van der Waals surface area contributed by atoms with Gasteiger partial charge in [0.2, 0.25) is 5.91 Å². The van der Waals surface area contributed by atoms with Crippen molar-refractivity contribution in [2.45, 2.75) is 39.2 Å². The van der Waals surface area contributed by atoms with E-state index in [0.717, 1.165) is 24.3 Å². The monoisotopic (exact) mass is 329 g/mol. The summed E-state index contributed by atoms with van der Waals surface area (Å²) in [6, 6.07) is 3.67. The summed E-state index contributed by atoms with van der Waals surface area (Å²) in [4.78, 5) is 25.1. The summed E-state index contributed by atoms with van der Waals surface area (Å²) in [5.74, 6) is 2.32. The molecule has 7 nitrogen and oxygen atoms in total. The van der Waals surface area contributed by atoms with E-state index < -0.39 is 0 Å². The number of anilines is 1. The van der Waals surface area contributed by atoms with E-state index in [9.17, 15) is 4.79 Å². The van der Waals surface area contributed by atoms with Crippen LogP contribution < -0.4 is 4.90 Å². The molecule has 1 atom stereocenters. The van der Waals surface area contributed by atoms with Gasteiger partial charge >= 0.3 is 0 Å². The van der Waals surface area contributed by atoms with Gasteiger partial charge in [0.05, 0.1) is 5.56 Å². The second kappa shape index (κ2) is 6.59. The van der Waals surface area contributed by atoms with Gasteiger partial charge in [-0.3, -0.25) is 4.79 Å². The Morgan fingerprint density at radius 3 is 2.71 bits per heavy atom. The summed E-state index contributed by atoms with van der Waals surface area (Å²) in [7, 11) is 1.85. The molecule has 128 valence electrons. The van der Waals surface area contributed by atoms with Crippen LogP contribution in [0.1, 0.15) is 38.9 Å². The molecule has 1 unspecified atom stereocenters. The number of pyridine rings is 1. The zero-order valence-corrected chi connectivity index (χ0v) is 14.6. The SMILES string of the molecule is CCC1C(=O)N(C)CCN1c1ccc(-c2nc(C(C)C)no2)cn1. The average Bonchev–Trinajstić information content (AvgIpc) is 3.08. The van der Waals surface area contributed by atoms with E-state index in [-0.39, 0.29) is 17.9 Å². The molecule has 0 radical (unpaired) electrons. The molecule has 1 amide bonds. The number of nitrogens with zero attached hydrogens (tertiary/aromatic N) is 5. The zero-order valence-electron chi connectivity index (χ0n) is 14.6. The highest BCUT2D eigenvalue weighted by Crippen LogP contribution is 2.24. The normalized spacial score (nSPS) is 18.5. The number of aromatic nitrogens is 3. The number of likely N-dealkylation sites (N-methyl/N-ethyl adjacent to an activating group) is 1. The number of piperazine rings is 1. The lowest BCUT2D eigenvalue weighted by atomic mass is 10.1. The van der Waals surface area contributed by atoms with Gasteiger partial charge in [-0.25, -0.2) is 4.98 Å². The van der Waals surface area contributed by atoms with Crippen molar-refractivity contribution in [2.75, 3.05) is 25.0 Å². The quantitative estimate of drug-likeness (QED) is 0.857. The van der Waals surface area contributed by atoms with Crippen molar-refractivity contribution in [2.24, 2.45) is 0 Å². The number of carbonyl (C=O) groups is 1. The highest BCUT2D eigenvalue weighted by molar-refractivity contribution is 5.86. The van der Waals surface area contributed by atoms with E-state index in [1.165, 1.54) is 0 Å². The van der Waals surface area contributed by atoms with Crippen LogP contribution >= 0.6 is 0 Å². The summed E-state index contributed by atoms with van der Waals surface area (Å²) in [5.41, 5.74) is 0.784. The van der Waals surface area contributed by atoms with Crippen molar-refractivity contribution >= 4 is 11.7 Å². The number of amides is 1. The lowest BCUT2D eigenvalue weighted by molar-refractivity contribution is -0.132. The molecule has 0 saturated carbocycles. The maximum Gasteiger partial charge on any atom is 0.259 e. The highest BCUT2D eigenvalue weighted by atomic mass is 16.5. The number of hydrogen-bond acceptors (Lipinski definition) is 6. The van der Waals surface area contributed by atoms with Gasteiger partial charge in [0, 0.05) is 32.3 Å². The Kier molecular flexibility index (Phi) is 4.51. The fourth-order valence-corrected chi connectivity index (χ4v) is 2.85. The molecule has 1 aliphatic rings. The van der Waals surface area contributed by atoms with Crippen molar-refractivity contribution in [1.29, 1.82) is 0 Å². The topological polar surface area (TPSA) is 75.4 Å². The van der Waals surface area contributed by atoms with Crippen LogP contribution in [0.5, 0.6) is 0 Å². The molecular formula is C17H23N5O2. The maximum absolute atomic E-state index is 12.3. The summed E-state index contributed by atoms with van der Waals surface area (Å²) in [5, 5.41) is 3.97. The molecule has 3 heterocycles. The van der Waals surface area contributed by atoms with Gasteiger partial charge < -0.3 is 14.3 Å². The van der Waals surface area contributed by atoms with Gasteiger partial charge in [-0.1, -0.05) is 25.9 Å². The fourth-order valence-electron chi connectivity index (χ4n) is 2.85. The van der Waals surface area contributed by atoms with Crippen LogP contribution in [-0.2, 0) is 4.79 Å². The van der Waals surface area contributed by atoms with Gasteiger partial charge in [0.15, 0.2) is 5.82 Å². The summed E-state index contributed by atoms with van der Waals surface area (Å²) < 4.78 is 5.30. The summed E-state index contributed by atoms with van der Waals surface area (Å²) in [6.45, 7) is 7.55. The Bertz CT molecular complexity index is 710. The number of hydrogen-bond donors (Lipinski definition) is 0. The van der Waals surface area contributed by atoms with Crippen LogP contribution in [0.3, 0.4) is 0 Å². The van der Waals surface area contributed by atoms with E-state index in [2.05, 4.69) is 20.0 Å². The average molecular weight is 329 g/mol. The van der Waals surface area contributed by atoms with Crippen molar-refractivity contribution in [3.05, 3.63) is 24.2 Å². The van der Waals surface area contributed by atoms with E-state index in [0.29, 0.717) is 18.3 Å². The van der Waals surface area contributed by atoms with Crippen LogP contribution in [0.25, 0.3) is 11.5 Å². The van der Waals surface area contributed by atoms with Crippen LogP contribution in [0.4, 0.5) is 5.82 Å². The molecule has 3 rings (SSSR count). The molecule has 0 spiro atoms. The van der Waals surface area contributed by atoms with Crippen molar-refractivity contribution in [3.8, 4) is 11.5 Å². The minimum atomic E-state index is -0.155. The standard InChI is InChI=1S/C17H23N5O2/c1-5-13-17(23)21(4)8-9-22(13)14-7-6-12(10-18-14)16-19-15(11(2)3)20-24-16/h6-7,10-11,13H,5,8-9H2,1-4H3. The van der Waals surface area contributed by atoms with E-state index in [4.69, 9.17) is 4.52 Å². The lowest BCUT2D eigenvalue weighted by Gasteiger charge is -2.39. The molecule has 2 aromatic heterocycles. The first kappa shape index (κ1) is 16.4. The molecule has 1 saturated heterocycles. The molecule has 1 aliphatic heterocycles. The second-order valence-corrected chi connectivity index (χ2v) is 6.39. The van der Waals surface area contributed by atoms with E-state index >= 15 is 0 Å². The fraction of sp³-hybridized carbons (Fsp3) is 0.529. The Morgan fingerprint density at radius 2 is 2.12 bits per heavy atom. The molecule has 0 N–H and O–H groups in total. The third-order valence-electron chi connectivity index (χ3n) is 4.35. The van der Waals surface area contributed by atoms with Gasteiger partial charge in [-0.15, -0.1) is 0 Å². The van der Waals surface area contributed by atoms with Crippen molar-refractivity contribution < 1.29 is 9.32 Å².